The van der Waals surface area contributed by atoms with E-state index in [-0.39, 0.29) is 0 Å². The van der Waals surface area contributed by atoms with Gasteiger partial charge in [0.15, 0.2) is 0 Å². The summed E-state index contributed by atoms with van der Waals surface area (Å²) in [6.07, 6.45) is 14.4. The van der Waals surface area contributed by atoms with Crippen LogP contribution in [-0.4, -0.2) is 24.5 Å². The van der Waals surface area contributed by atoms with Crippen LogP contribution in [0.2, 0.25) is 0 Å². The number of hydrogen-bond acceptors (Lipinski definition) is 6. The van der Waals surface area contributed by atoms with Crippen LogP contribution in [0.4, 0.5) is 0 Å². The molecule has 6 aromatic heterocycles. The maximum atomic E-state index is 11.3. The van der Waals surface area contributed by atoms with E-state index in [0.717, 1.165) is 72.0 Å². The van der Waals surface area contributed by atoms with E-state index in [2.05, 4.69) is 91.2 Å². The zero-order valence-electron chi connectivity index (χ0n) is 27.6. The van der Waals surface area contributed by atoms with Crippen molar-refractivity contribution in [3.05, 3.63) is 164 Å². The lowest BCUT2D eigenvalue weighted by Crippen LogP contribution is -2.07. The Bertz CT molecular complexity index is 2900. The Labute approximate surface area is 302 Å². The minimum Gasteiger partial charge on any atom is -0.308 e. The highest BCUT2D eigenvalue weighted by Gasteiger charge is 2.30. The van der Waals surface area contributed by atoms with Crippen LogP contribution in [0.15, 0.2) is 159 Å². The highest BCUT2D eigenvalue weighted by atomic mass is 32.1. The summed E-state index contributed by atoms with van der Waals surface area (Å²) >= 11 is 1.81. The molecular formula is C45H26N6S. The monoisotopic (exact) mass is 682 g/mol. The maximum Gasteiger partial charge on any atom is 0.100 e. The number of rotatable bonds is 5. The fourth-order valence-electron chi connectivity index (χ4n) is 7.71. The Hall–Kier alpha value is -7.01. The minimum atomic E-state index is 0.562. The van der Waals surface area contributed by atoms with E-state index in [1.165, 1.54) is 20.2 Å². The van der Waals surface area contributed by atoms with E-state index in [4.69, 9.17) is 0 Å². The first-order valence-electron chi connectivity index (χ1n) is 16.9. The van der Waals surface area contributed by atoms with Crippen molar-refractivity contribution in [3.63, 3.8) is 0 Å². The fourth-order valence-corrected chi connectivity index (χ4v) is 8.84. The predicted octanol–water partition coefficient (Wildman–Crippen LogP) is 11.3. The SMILES string of the molecule is N#Cc1c(-c2ccncc2)c(-c2ccncc2)c(-n2c3ccccc3c3cc4c(cc32)sc2ccccc24)c(-c2ccncc2)c1-c1ccncc1. The third-order valence-electron chi connectivity index (χ3n) is 9.86. The summed E-state index contributed by atoms with van der Waals surface area (Å²) in [6.45, 7) is 0. The van der Waals surface area contributed by atoms with Gasteiger partial charge < -0.3 is 4.57 Å². The Kier molecular flexibility index (Phi) is 6.95. The van der Waals surface area contributed by atoms with Gasteiger partial charge in [-0.1, -0.05) is 36.4 Å². The average molecular weight is 683 g/mol. The molecule has 6 nitrogen and oxygen atoms in total. The number of benzene rings is 4. The van der Waals surface area contributed by atoms with E-state index < -0.39 is 0 Å². The molecule has 0 atom stereocenters. The first-order chi connectivity index (χ1) is 25.8. The summed E-state index contributed by atoms with van der Waals surface area (Å²) in [5.41, 5.74) is 10.8. The van der Waals surface area contributed by atoms with Crippen LogP contribution < -0.4 is 0 Å². The summed E-state index contributed by atoms with van der Waals surface area (Å²) in [5, 5.41) is 16.1. The van der Waals surface area contributed by atoms with Gasteiger partial charge in [-0.2, -0.15) is 5.26 Å². The molecule has 4 aromatic carbocycles. The molecule has 0 N–H and O–H groups in total. The van der Waals surface area contributed by atoms with Gasteiger partial charge in [-0.05, 0) is 95.1 Å². The molecule has 7 heteroatoms. The van der Waals surface area contributed by atoms with Gasteiger partial charge in [-0.15, -0.1) is 11.3 Å². The van der Waals surface area contributed by atoms with Gasteiger partial charge in [-0.3, -0.25) is 19.9 Å². The second kappa shape index (κ2) is 12.1. The maximum absolute atomic E-state index is 11.3. The van der Waals surface area contributed by atoms with Crippen molar-refractivity contribution in [3.8, 4) is 56.3 Å². The molecule has 52 heavy (non-hydrogen) atoms. The van der Waals surface area contributed by atoms with Gasteiger partial charge in [0.05, 0.1) is 22.3 Å². The summed E-state index contributed by atoms with van der Waals surface area (Å²) in [6, 6.07) is 40.7. The molecule has 0 amide bonds. The molecule has 0 radical (unpaired) electrons. The van der Waals surface area contributed by atoms with E-state index in [0.29, 0.717) is 5.56 Å². The molecule has 10 rings (SSSR count). The summed E-state index contributed by atoms with van der Waals surface area (Å²) in [4.78, 5) is 17.6. The van der Waals surface area contributed by atoms with Gasteiger partial charge in [0.1, 0.15) is 6.07 Å². The quantitative estimate of drug-likeness (QED) is 0.180. The van der Waals surface area contributed by atoms with Gasteiger partial charge in [-0.25, -0.2) is 0 Å². The number of pyridine rings is 4. The van der Waals surface area contributed by atoms with E-state index in [9.17, 15) is 5.26 Å². The van der Waals surface area contributed by atoms with Crippen LogP contribution in [-0.2, 0) is 0 Å². The number of fused-ring (bicyclic) bond motifs is 6. The van der Waals surface area contributed by atoms with Crippen molar-refractivity contribution in [2.75, 3.05) is 0 Å². The lowest BCUT2D eigenvalue weighted by atomic mass is 9.80. The molecule has 0 aliphatic carbocycles. The lowest BCUT2D eigenvalue weighted by molar-refractivity contribution is 1.18. The Morgan fingerprint density at radius 1 is 0.442 bits per heavy atom. The first-order valence-corrected chi connectivity index (χ1v) is 17.7. The second-order valence-corrected chi connectivity index (χ2v) is 13.7. The highest BCUT2D eigenvalue weighted by Crippen LogP contribution is 2.52. The predicted molar refractivity (Wildman–Crippen MR) is 211 cm³/mol. The molecule has 0 fully saturated rings. The molecule has 0 aliphatic rings. The second-order valence-electron chi connectivity index (χ2n) is 12.6. The van der Waals surface area contributed by atoms with Gasteiger partial charge in [0, 0.05) is 103 Å². The van der Waals surface area contributed by atoms with E-state index in [1.807, 2.05) is 84.7 Å². The summed E-state index contributed by atoms with van der Waals surface area (Å²) in [5.74, 6) is 0. The number of nitrogens with zero attached hydrogens (tertiary/aromatic N) is 6. The van der Waals surface area contributed by atoms with E-state index >= 15 is 0 Å². The van der Waals surface area contributed by atoms with Gasteiger partial charge in [0.25, 0.3) is 0 Å². The van der Waals surface area contributed by atoms with Crippen molar-refractivity contribution in [1.82, 2.24) is 24.5 Å². The number of thiophene rings is 1. The normalized spacial score (nSPS) is 11.4. The van der Waals surface area contributed by atoms with E-state index in [1.54, 1.807) is 24.8 Å². The smallest absolute Gasteiger partial charge is 0.100 e. The third kappa shape index (κ3) is 4.56. The van der Waals surface area contributed by atoms with Gasteiger partial charge in [0.2, 0.25) is 0 Å². The van der Waals surface area contributed by atoms with Crippen molar-refractivity contribution in [1.29, 1.82) is 5.26 Å². The van der Waals surface area contributed by atoms with Crippen molar-refractivity contribution in [2.24, 2.45) is 0 Å². The molecule has 0 bridgehead atoms. The summed E-state index contributed by atoms with van der Waals surface area (Å²) in [7, 11) is 0. The zero-order valence-corrected chi connectivity index (χ0v) is 28.4. The number of hydrogen-bond donors (Lipinski definition) is 0. The summed E-state index contributed by atoms with van der Waals surface area (Å²) < 4.78 is 4.89. The molecule has 0 saturated heterocycles. The van der Waals surface area contributed by atoms with Crippen LogP contribution in [0, 0.1) is 11.3 Å². The Morgan fingerprint density at radius 3 is 1.46 bits per heavy atom. The molecule has 0 saturated carbocycles. The molecule has 10 aromatic rings. The molecule has 242 valence electrons. The van der Waals surface area contributed by atoms with Crippen molar-refractivity contribution in [2.45, 2.75) is 0 Å². The van der Waals surface area contributed by atoms with Crippen LogP contribution in [0.1, 0.15) is 5.56 Å². The highest BCUT2D eigenvalue weighted by molar-refractivity contribution is 7.25. The number of aromatic nitrogens is 5. The molecule has 0 spiro atoms. The largest absolute Gasteiger partial charge is 0.308 e. The third-order valence-corrected chi connectivity index (χ3v) is 11.0. The Morgan fingerprint density at radius 2 is 0.923 bits per heavy atom. The minimum absolute atomic E-state index is 0.562. The van der Waals surface area contributed by atoms with Gasteiger partial charge >= 0.3 is 0 Å². The molecule has 6 heterocycles. The van der Waals surface area contributed by atoms with Crippen LogP contribution in [0.25, 0.3) is 92.2 Å². The molecule has 0 aliphatic heterocycles. The topological polar surface area (TPSA) is 80.3 Å². The van der Waals surface area contributed by atoms with Crippen molar-refractivity contribution < 1.29 is 0 Å². The number of nitriles is 1. The number of para-hydroxylation sites is 1. The lowest BCUT2D eigenvalue weighted by Gasteiger charge is -2.27. The fraction of sp³-hybridized carbons (Fsp3) is 0. The first kappa shape index (κ1) is 29.9. The standard InChI is InChI=1S/C45H26N6S/c46-27-36-41(28-9-17-47-18-10-28)43(30-13-21-49-22-14-30)45(44(31-15-23-50-24-16-31)42(36)29-11-19-48-20-12-29)51-37-7-3-1-5-32(37)34-25-35-33-6-2-4-8-39(33)52-40(35)26-38(34)51/h1-26H. The van der Waals surface area contributed by atoms with Crippen LogP contribution in [0.5, 0.6) is 0 Å². The van der Waals surface area contributed by atoms with Crippen LogP contribution in [0.3, 0.4) is 0 Å². The van der Waals surface area contributed by atoms with Crippen LogP contribution >= 0.6 is 11.3 Å². The zero-order chi connectivity index (χ0) is 34.6. The Balaban J connectivity index is 1.51. The molecular weight excluding hydrogens is 657 g/mol. The molecule has 0 unspecified atom stereocenters. The average Bonchev–Trinajstić information content (AvgIpc) is 3.74. The van der Waals surface area contributed by atoms with Crippen molar-refractivity contribution >= 4 is 53.3 Å².